The molecule has 0 aliphatic heterocycles. The maximum absolute atomic E-state index is 12.2. The molecule has 0 aliphatic rings. The van der Waals surface area contributed by atoms with Gasteiger partial charge in [-0.1, -0.05) is 39.1 Å². The van der Waals surface area contributed by atoms with Crippen LogP contribution >= 0.6 is 39.1 Å². The van der Waals surface area contributed by atoms with Gasteiger partial charge in [-0.2, -0.15) is 0 Å². The maximum Gasteiger partial charge on any atom is 0.276 e. The van der Waals surface area contributed by atoms with Crippen LogP contribution in [0.3, 0.4) is 0 Å². The van der Waals surface area contributed by atoms with Crippen molar-refractivity contribution in [1.29, 1.82) is 0 Å². The van der Waals surface area contributed by atoms with E-state index in [1.807, 2.05) is 6.92 Å². The summed E-state index contributed by atoms with van der Waals surface area (Å²) in [5.41, 5.74) is 0.561. The number of rotatable bonds is 4. The summed E-state index contributed by atoms with van der Waals surface area (Å²) >= 11 is 15.4. The zero-order valence-corrected chi connectivity index (χ0v) is 14.1. The SMILES string of the molecule is CCOc1ccc(Cl)c(C(=O)Nc2ccc(Br)cc2Cl)n1. The Morgan fingerprint density at radius 1 is 1.29 bits per heavy atom. The number of pyridine rings is 1. The van der Waals surface area contributed by atoms with Crippen LogP contribution < -0.4 is 10.1 Å². The summed E-state index contributed by atoms with van der Waals surface area (Å²) in [6.45, 7) is 2.28. The minimum Gasteiger partial charge on any atom is -0.478 e. The number of halogens is 3. The van der Waals surface area contributed by atoms with Gasteiger partial charge in [0.25, 0.3) is 5.91 Å². The average Bonchev–Trinajstić information content (AvgIpc) is 2.44. The lowest BCUT2D eigenvalue weighted by Gasteiger charge is -2.09. The van der Waals surface area contributed by atoms with Gasteiger partial charge in [-0.3, -0.25) is 4.79 Å². The van der Waals surface area contributed by atoms with Gasteiger partial charge >= 0.3 is 0 Å². The van der Waals surface area contributed by atoms with E-state index < -0.39 is 5.91 Å². The normalized spacial score (nSPS) is 10.3. The van der Waals surface area contributed by atoms with Gasteiger partial charge in [0.15, 0.2) is 5.69 Å². The number of carbonyl (C=O) groups is 1. The quantitative estimate of drug-likeness (QED) is 0.816. The highest BCUT2D eigenvalue weighted by Gasteiger charge is 2.15. The zero-order valence-electron chi connectivity index (χ0n) is 11.0. The summed E-state index contributed by atoms with van der Waals surface area (Å²) in [5, 5.41) is 3.32. The Bertz CT molecular complexity index is 680. The van der Waals surface area contributed by atoms with Crippen LogP contribution in [0.5, 0.6) is 5.88 Å². The Balaban J connectivity index is 2.25. The van der Waals surface area contributed by atoms with Crippen molar-refractivity contribution in [1.82, 2.24) is 4.98 Å². The Morgan fingerprint density at radius 2 is 2.05 bits per heavy atom. The third-order valence-corrected chi connectivity index (χ3v) is 3.62. The molecule has 0 aliphatic carbocycles. The van der Waals surface area contributed by atoms with Gasteiger partial charge in [-0.15, -0.1) is 0 Å². The molecular formula is C14H11BrCl2N2O2. The molecule has 21 heavy (non-hydrogen) atoms. The number of aromatic nitrogens is 1. The predicted octanol–water partition coefficient (Wildman–Crippen LogP) is 4.80. The summed E-state index contributed by atoms with van der Waals surface area (Å²) in [7, 11) is 0. The monoisotopic (exact) mass is 388 g/mol. The second-order valence-electron chi connectivity index (χ2n) is 3.99. The fourth-order valence-corrected chi connectivity index (χ4v) is 2.50. The van der Waals surface area contributed by atoms with Crippen molar-refractivity contribution >= 4 is 50.7 Å². The topological polar surface area (TPSA) is 51.2 Å². The van der Waals surface area contributed by atoms with Crippen molar-refractivity contribution in [2.75, 3.05) is 11.9 Å². The van der Waals surface area contributed by atoms with Crippen LogP contribution in [-0.4, -0.2) is 17.5 Å². The molecule has 1 N–H and O–H groups in total. The lowest BCUT2D eigenvalue weighted by molar-refractivity contribution is 0.102. The molecule has 1 aromatic carbocycles. The van der Waals surface area contributed by atoms with Crippen molar-refractivity contribution in [3.05, 3.63) is 50.5 Å². The Labute approximate surface area is 140 Å². The molecule has 4 nitrogen and oxygen atoms in total. The molecule has 1 aromatic heterocycles. The van der Waals surface area contributed by atoms with Gasteiger partial charge in [-0.05, 0) is 31.2 Å². The first kappa shape index (κ1) is 16.1. The Morgan fingerprint density at radius 3 is 2.71 bits per heavy atom. The lowest BCUT2D eigenvalue weighted by Crippen LogP contribution is -2.15. The first-order chi connectivity index (χ1) is 10.0. The minimum absolute atomic E-state index is 0.0848. The third kappa shape index (κ3) is 4.09. The first-order valence-corrected chi connectivity index (χ1v) is 7.62. The Hall–Kier alpha value is -1.30. The van der Waals surface area contributed by atoms with Crippen LogP contribution in [0.2, 0.25) is 10.0 Å². The number of anilines is 1. The highest BCUT2D eigenvalue weighted by molar-refractivity contribution is 9.10. The van der Waals surface area contributed by atoms with Gasteiger partial charge in [-0.25, -0.2) is 4.98 Å². The average molecular weight is 390 g/mol. The van der Waals surface area contributed by atoms with E-state index >= 15 is 0 Å². The number of nitrogens with one attached hydrogen (secondary N) is 1. The molecule has 2 rings (SSSR count). The van der Waals surface area contributed by atoms with Gasteiger partial charge in [0.1, 0.15) is 0 Å². The Kier molecular flexibility index (Phi) is 5.45. The summed E-state index contributed by atoms with van der Waals surface area (Å²) in [6.07, 6.45) is 0. The molecular weight excluding hydrogens is 379 g/mol. The van der Waals surface area contributed by atoms with Gasteiger partial charge < -0.3 is 10.1 Å². The second-order valence-corrected chi connectivity index (χ2v) is 5.72. The summed E-state index contributed by atoms with van der Waals surface area (Å²) in [4.78, 5) is 16.3. The van der Waals surface area contributed by atoms with Gasteiger partial charge in [0.05, 0.1) is 22.3 Å². The van der Waals surface area contributed by atoms with E-state index in [0.717, 1.165) is 4.47 Å². The smallest absolute Gasteiger partial charge is 0.276 e. The van der Waals surface area contributed by atoms with E-state index in [1.165, 1.54) is 0 Å². The van der Waals surface area contributed by atoms with Gasteiger partial charge in [0.2, 0.25) is 5.88 Å². The van der Waals surface area contributed by atoms with Gasteiger partial charge in [0, 0.05) is 10.5 Å². The number of amides is 1. The first-order valence-electron chi connectivity index (χ1n) is 6.07. The molecule has 0 saturated carbocycles. The number of hydrogen-bond donors (Lipinski definition) is 1. The zero-order chi connectivity index (χ0) is 15.4. The van der Waals surface area contributed by atoms with E-state index in [2.05, 4.69) is 26.2 Å². The molecule has 0 spiro atoms. The standard InChI is InChI=1S/C14H11BrCl2N2O2/c1-2-21-12-6-4-9(16)13(19-12)14(20)18-11-5-3-8(15)7-10(11)17/h3-7H,2H2,1H3,(H,18,20). The van der Waals surface area contributed by atoms with Crippen molar-refractivity contribution < 1.29 is 9.53 Å². The number of carbonyl (C=O) groups excluding carboxylic acids is 1. The van der Waals surface area contributed by atoms with E-state index in [4.69, 9.17) is 27.9 Å². The second kappa shape index (κ2) is 7.11. The van der Waals surface area contributed by atoms with Crippen LogP contribution in [0.15, 0.2) is 34.8 Å². The molecule has 7 heteroatoms. The van der Waals surface area contributed by atoms with E-state index in [-0.39, 0.29) is 10.7 Å². The summed E-state index contributed by atoms with van der Waals surface area (Å²) in [5.74, 6) is -0.111. The van der Waals surface area contributed by atoms with E-state index in [1.54, 1.807) is 30.3 Å². The molecule has 1 heterocycles. The molecule has 0 bridgehead atoms. The van der Waals surface area contributed by atoms with Crippen LogP contribution in [0, 0.1) is 0 Å². The van der Waals surface area contributed by atoms with Crippen molar-refractivity contribution in [2.45, 2.75) is 6.92 Å². The van der Waals surface area contributed by atoms with Crippen LogP contribution in [0.1, 0.15) is 17.4 Å². The molecule has 0 unspecified atom stereocenters. The lowest BCUT2D eigenvalue weighted by atomic mass is 10.3. The van der Waals surface area contributed by atoms with Crippen molar-refractivity contribution in [3.8, 4) is 5.88 Å². The molecule has 0 fully saturated rings. The van der Waals surface area contributed by atoms with E-state index in [9.17, 15) is 4.79 Å². The molecule has 0 atom stereocenters. The number of benzene rings is 1. The molecule has 0 saturated heterocycles. The van der Waals surface area contributed by atoms with Crippen molar-refractivity contribution in [3.63, 3.8) is 0 Å². The number of ether oxygens (including phenoxy) is 1. The summed E-state index contributed by atoms with van der Waals surface area (Å²) < 4.78 is 6.08. The largest absolute Gasteiger partial charge is 0.478 e. The highest BCUT2D eigenvalue weighted by Crippen LogP contribution is 2.27. The number of hydrogen-bond acceptors (Lipinski definition) is 3. The van der Waals surface area contributed by atoms with E-state index in [0.29, 0.717) is 23.2 Å². The number of nitrogens with zero attached hydrogens (tertiary/aromatic N) is 1. The van der Waals surface area contributed by atoms with Crippen LogP contribution in [0.4, 0.5) is 5.69 Å². The highest BCUT2D eigenvalue weighted by atomic mass is 79.9. The fourth-order valence-electron chi connectivity index (χ4n) is 1.58. The predicted molar refractivity (Wildman–Crippen MR) is 87.5 cm³/mol. The summed E-state index contributed by atoms with van der Waals surface area (Å²) in [6, 6.07) is 8.31. The molecule has 1 amide bonds. The molecule has 2 aromatic rings. The fraction of sp³-hybridized carbons (Fsp3) is 0.143. The van der Waals surface area contributed by atoms with Crippen molar-refractivity contribution in [2.24, 2.45) is 0 Å². The molecule has 110 valence electrons. The van der Waals surface area contributed by atoms with Crippen LogP contribution in [-0.2, 0) is 0 Å². The third-order valence-electron chi connectivity index (χ3n) is 2.51. The molecule has 0 radical (unpaired) electrons. The maximum atomic E-state index is 12.2. The van der Waals surface area contributed by atoms with Crippen LogP contribution in [0.25, 0.3) is 0 Å². The minimum atomic E-state index is -0.453.